The van der Waals surface area contributed by atoms with E-state index in [1.54, 1.807) is 20.9 Å². The molecule has 0 aliphatic rings. The third-order valence-electron chi connectivity index (χ3n) is 1.93. The Hall–Kier alpha value is -1.30. The minimum atomic E-state index is -0.963. The van der Waals surface area contributed by atoms with Crippen molar-refractivity contribution in [1.82, 2.24) is 4.90 Å². The molecule has 0 aromatic heterocycles. The fraction of sp³-hybridized carbons (Fsp3) is 0.778. The van der Waals surface area contributed by atoms with E-state index < -0.39 is 11.5 Å². The van der Waals surface area contributed by atoms with Gasteiger partial charge in [0.1, 0.15) is 0 Å². The van der Waals surface area contributed by atoms with Gasteiger partial charge in [-0.25, -0.2) is 0 Å². The second-order valence-electron chi connectivity index (χ2n) is 4.25. The number of hydrogen-bond acceptors (Lipinski definition) is 4. The van der Waals surface area contributed by atoms with Gasteiger partial charge in [-0.3, -0.25) is 4.79 Å². The van der Waals surface area contributed by atoms with E-state index in [9.17, 15) is 9.90 Å². The lowest BCUT2D eigenvalue weighted by molar-refractivity contribution is -0.134. The van der Waals surface area contributed by atoms with Gasteiger partial charge in [0.25, 0.3) is 0 Å². The van der Waals surface area contributed by atoms with Crippen LogP contribution >= 0.6 is 0 Å². The van der Waals surface area contributed by atoms with Crippen LogP contribution < -0.4 is 5.73 Å². The Kier molecular flexibility index (Phi) is 4.54. The second kappa shape index (κ2) is 4.97. The molecule has 1 atom stereocenters. The molecule has 0 aromatic rings. The number of nitrogens with zero attached hydrogens (tertiary/aromatic N) is 2. The molecule has 6 nitrogen and oxygen atoms in total. The molecular formula is C9H19N3O3. The number of aliphatic hydroxyl groups is 1. The van der Waals surface area contributed by atoms with Crippen LogP contribution in [0.15, 0.2) is 5.16 Å². The van der Waals surface area contributed by atoms with E-state index in [1.165, 1.54) is 11.8 Å². The summed E-state index contributed by atoms with van der Waals surface area (Å²) in [7, 11) is 1.56. The molecule has 0 aliphatic carbocycles. The monoisotopic (exact) mass is 217 g/mol. The molecule has 0 aromatic carbocycles. The highest BCUT2D eigenvalue weighted by atomic mass is 16.4. The minimum absolute atomic E-state index is 0.136. The maximum absolute atomic E-state index is 11.7. The Bertz CT molecular complexity index is 258. The van der Waals surface area contributed by atoms with Crippen LogP contribution in [0, 0.1) is 5.92 Å². The average molecular weight is 217 g/mol. The average Bonchev–Trinajstić information content (AvgIpc) is 2.11. The van der Waals surface area contributed by atoms with Crippen molar-refractivity contribution in [1.29, 1.82) is 0 Å². The Morgan fingerprint density at radius 1 is 1.60 bits per heavy atom. The first kappa shape index (κ1) is 13.7. The molecule has 4 N–H and O–H groups in total. The summed E-state index contributed by atoms with van der Waals surface area (Å²) in [5.41, 5.74) is 4.35. The van der Waals surface area contributed by atoms with Gasteiger partial charge in [0.15, 0.2) is 5.84 Å². The molecule has 0 aliphatic heterocycles. The molecule has 0 bridgehead atoms. The fourth-order valence-electron chi connectivity index (χ4n) is 1.20. The van der Waals surface area contributed by atoms with Gasteiger partial charge in [0.05, 0.1) is 11.5 Å². The molecule has 0 heterocycles. The van der Waals surface area contributed by atoms with Gasteiger partial charge in [0, 0.05) is 13.6 Å². The first-order valence-electron chi connectivity index (χ1n) is 4.64. The number of carbonyl (C=O) groups is 1. The Morgan fingerprint density at radius 2 is 2.07 bits per heavy atom. The fourth-order valence-corrected chi connectivity index (χ4v) is 1.20. The van der Waals surface area contributed by atoms with Crippen molar-refractivity contribution in [2.45, 2.75) is 26.4 Å². The van der Waals surface area contributed by atoms with Gasteiger partial charge in [-0.2, -0.15) is 0 Å². The lowest BCUT2D eigenvalue weighted by Crippen LogP contribution is -2.44. The second-order valence-corrected chi connectivity index (χ2v) is 4.25. The van der Waals surface area contributed by atoms with E-state index in [-0.39, 0.29) is 18.3 Å². The van der Waals surface area contributed by atoms with Crippen LogP contribution in [0.3, 0.4) is 0 Å². The van der Waals surface area contributed by atoms with Crippen molar-refractivity contribution >= 4 is 11.7 Å². The molecule has 0 saturated carbocycles. The predicted molar refractivity (Wildman–Crippen MR) is 56.5 cm³/mol. The lowest BCUT2D eigenvalue weighted by atomic mass is 10.1. The molecule has 1 unspecified atom stereocenters. The Labute approximate surface area is 89.4 Å². The van der Waals surface area contributed by atoms with E-state index in [0.717, 1.165) is 0 Å². The predicted octanol–water partition coefficient (Wildman–Crippen LogP) is -0.402. The van der Waals surface area contributed by atoms with Gasteiger partial charge in [-0.05, 0) is 20.8 Å². The Balaban J connectivity index is 4.46. The molecule has 1 amide bonds. The summed E-state index contributed by atoms with van der Waals surface area (Å²) in [6.45, 7) is 4.93. The summed E-state index contributed by atoms with van der Waals surface area (Å²) in [6, 6.07) is 0. The summed E-state index contributed by atoms with van der Waals surface area (Å²) < 4.78 is 0. The highest BCUT2D eigenvalue weighted by Gasteiger charge is 2.25. The maximum atomic E-state index is 11.7. The van der Waals surface area contributed by atoms with Crippen LogP contribution in [0.25, 0.3) is 0 Å². The van der Waals surface area contributed by atoms with Crippen LogP contribution in [0.2, 0.25) is 0 Å². The zero-order chi connectivity index (χ0) is 12.2. The van der Waals surface area contributed by atoms with Crippen LogP contribution in [0.5, 0.6) is 0 Å². The van der Waals surface area contributed by atoms with E-state index >= 15 is 0 Å². The molecule has 0 radical (unpaired) electrons. The SMILES string of the molecule is CC(C(=O)N(C)CC(C)(C)O)C(N)=NO. The molecule has 0 fully saturated rings. The Morgan fingerprint density at radius 3 is 2.40 bits per heavy atom. The van der Waals surface area contributed by atoms with Crippen LogP contribution in [-0.4, -0.2) is 46.1 Å². The molecule has 6 heteroatoms. The first-order valence-corrected chi connectivity index (χ1v) is 4.64. The standard InChI is InChI=1S/C9H19N3O3/c1-6(7(10)11-15)8(13)12(4)5-9(2,3)14/h6,14-15H,5H2,1-4H3,(H2,10,11). The number of rotatable bonds is 4. The third kappa shape index (κ3) is 4.64. The van der Waals surface area contributed by atoms with Gasteiger partial charge in [-0.15, -0.1) is 0 Å². The largest absolute Gasteiger partial charge is 0.409 e. The van der Waals surface area contributed by atoms with Crippen molar-refractivity contribution in [3.05, 3.63) is 0 Å². The number of carbonyl (C=O) groups excluding carboxylic acids is 1. The summed E-state index contributed by atoms with van der Waals surface area (Å²) >= 11 is 0. The molecule has 88 valence electrons. The highest BCUT2D eigenvalue weighted by Crippen LogP contribution is 2.07. The van der Waals surface area contributed by atoms with Crippen LogP contribution in [-0.2, 0) is 4.79 Å². The summed E-state index contributed by atoms with van der Waals surface area (Å²) in [4.78, 5) is 13.0. The van der Waals surface area contributed by atoms with Crippen molar-refractivity contribution in [3.63, 3.8) is 0 Å². The normalized spacial score (nSPS) is 14.9. The van der Waals surface area contributed by atoms with Crippen molar-refractivity contribution < 1.29 is 15.1 Å². The molecule has 0 spiro atoms. The van der Waals surface area contributed by atoms with E-state index in [0.29, 0.717) is 0 Å². The summed E-state index contributed by atoms with van der Waals surface area (Å²) in [6.07, 6.45) is 0. The van der Waals surface area contributed by atoms with E-state index in [2.05, 4.69) is 5.16 Å². The van der Waals surface area contributed by atoms with E-state index in [4.69, 9.17) is 10.9 Å². The third-order valence-corrected chi connectivity index (χ3v) is 1.93. The molecular weight excluding hydrogens is 198 g/mol. The first-order chi connectivity index (χ1) is 6.69. The van der Waals surface area contributed by atoms with Gasteiger partial charge in [0.2, 0.25) is 5.91 Å². The topological polar surface area (TPSA) is 99.2 Å². The quantitative estimate of drug-likeness (QED) is 0.258. The van der Waals surface area contributed by atoms with E-state index in [1.807, 2.05) is 0 Å². The van der Waals surface area contributed by atoms with Gasteiger partial charge in [-0.1, -0.05) is 5.16 Å². The number of amidine groups is 1. The van der Waals surface area contributed by atoms with Gasteiger partial charge >= 0.3 is 0 Å². The van der Waals surface area contributed by atoms with Gasteiger partial charge < -0.3 is 20.9 Å². The van der Waals surface area contributed by atoms with Crippen molar-refractivity contribution in [3.8, 4) is 0 Å². The van der Waals surface area contributed by atoms with Crippen LogP contribution in [0.1, 0.15) is 20.8 Å². The highest BCUT2D eigenvalue weighted by molar-refractivity contribution is 6.01. The maximum Gasteiger partial charge on any atom is 0.232 e. The smallest absolute Gasteiger partial charge is 0.232 e. The number of hydrogen-bond donors (Lipinski definition) is 3. The number of likely N-dealkylation sites (N-methyl/N-ethyl adjacent to an activating group) is 1. The molecule has 0 rings (SSSR count). The minimum Gasteiger partial charge on any atom is -0.409 e. The lowest BCUT2D eigenvalue weighted by Gasteiger charge is -2.27. The van der Waals surface area contributed by atoms with Crippen molar-refractivity contribution in [2.75, 3.05) is 13.6 Å². The number of nitrogens with two attached hydrogens (primary N) is 1. The molecule has 15 heavy (non-hydrogen) atoms. The number of amides is 1. The summed E-state index contributed by atoms with van der Waals surface area (Å²) in [5, 5.41) is 20.7. The zero-order valence-electron chi connectivity index (χ0n) is 9.56. The van der Waals surface area contributed by atoms with Crippen LogP contribution in [0.4, 0.5) is 0 Å². The number of oxime groups is 1. The van der Waals surface area contributed by atoms with Crippen molar-refractivity contribution in [2.24, 2.45) is 16.8 Å². The molecule has 0 saturated heterocycles. The zero-order valence-corrected chi connectivity index (χ0v) is 9.56. The summed E-state index contributed by atoms with van der Waals surface area (Å²) in [5.74, 6) is -1.13.